The quantitative estimate of drug-likeness (QED) is 0.488. The smallest absolute Gasteiger partial charge is 0.218 e. The molecule has 2 atom stereocenters. The Bertz CT molecular complexity index is 1060. The molecule has 2 aliphatic heterocycles. The molecule has 0 aliphatic carbocycles. The van der Waals surface area contributed by atoms with E-state index in [1.54, 1.807) is 7.11 Å². The Hall–Kier alpha value is -3.12. The van der Waals surface area contributed by atoms with Crippen LogP contribution in [0, 0.1) is 0 Å². The first-order chi connectivity index (χ1) is 15.2. The lowest BCUT2D eigenvalue weighted by molar-refractivity contribution is 0.318. The molecular weight excluding hydrogens is 456 g/mol. The predicted molar refractivity (Wildman–Crippen MR) is 124 cm³/mol. The van der Waals surface area contributed by atoms with E-state index in [0.29, 0.717) is 30.8 Å². The van der Waals surface area contributed by atoms with Gasteiger partial charge in [-0.3, -0.25) is 0 Å². The van der Waals surface area contributed by atoms with Crippen molar-refractivity contribution < 1.29 is 14.2 Å². The summed E-state index contributed by atoms with van der Waals surface area (Å²) in [4.78, 5) is 9.65. The highest BCUT2D eigenvalue weighted by Crippen LogP contribution is 2.35. The number of benzene rings is 3. The Labute approximate surface area is 189 Å². The molecule has 0 saturated heterocycles. The molecule has 2 aliphatic rings. The first-order valence-corrected chi connectivity index (χ1v) is 10.9. The fraction of sp³-hybridized carbons (Fsp3) is 0.200. The van der Waals surface area contributed by atoms with Gasteiger partial charge in [0, 0.05) is 4.47 Å². The molecule has 0 aromatic heterocycles. The zero-order valence-corrected chi connectivity index (χ0v) is 18.6. The van der Waals surface area contributed by atoms with Crippen LogP contribution in [0.1, 0.15) is 34.3 Å². The third kappa shape index (κ3) is 3.95. The third-order valence-corrected chi connectivity index (χ3v) is 6.27. The summed E-state index contributed by atoms with van der Waals surface area (Å²) in [6.45, 7) is 1.01. The highest BCUT2D eigenvalue weighted by atomic mass is 79.9. The number of hydrogen-bond acceptors (Lipinski definition) is 5. The van der Waals surface area contributed by atoms with Gasteiger partial charge in [-0.05, 0) is 39.2 Å². The van der Waals surface area contributed by atoms with Gasteiger partial charge >= 0.3 is 0 Å². The zero-order chi connectivity index (χ0) is 21.2. The molecule has 31 heavy (non-hydrogen) atoms. The van der Waals surface area contributed by atoms with Gasteiger partial charge in [-0.2, -0.15) is 0 Å². The molecule has 5 rings (SSSR count). The van der Waals surface area contributed by atoms with Gasteiger partial charge in [0.2, 0.25) is 11.8 Å². The molecule has 0 radical (unpaired) electrons. The summed E-state index contributed by atoms with van der Waals surface area (Å²) < 4.78 is 18.3. The fourth-order valence-corrected chi connectivity index (χ4v) is 4.33. The van der Waals surface area contributed by atoms with Gasteiger partial charge in [-0.1, -0.05) is 60.7 Å². The SMILES string of the molecule is COc1cc(C2=NC(c3ccccc3)CO2)c(Br)c(C2=NC(c3ccccc3)CO2)c1. The van der Waals surface area contributed by atoms with Crippen LogP contribution in [0.3, 0.4) is 0 Å². The highest BCUT2D eigenvalue weighted by Gasteiger charge is 2.28. The Kier molecular flexibility index (Phi) is 5.47. The monoisotopic (exact) mass is 476 g/mol. The number of rotatable bonds is 5. The Morgan fingerprint density at radius 3 is 1.65 bits per heavy atom. The summed E-state index contributed by atoms with van der Waals surface area (Å²) in [5.74, 6) is 1.86. The zero-order valence-electron chi connectivity index (χ0n) is 17.0. The molecule has 0 amide bonds. The van der Waals surface area contributed by atoms with E-state index in [4.69, 9.17) is 24.2 Å². The number of nitrogens with zero attached hydrogens (tertiary/aromatic N) is 2. The molecule has 3 aromatic carbocycles. The maximum absolute atomic E-state index is 5.98. The number of halogens is 1. The molecule has 0 fully saturated rings. The van der Waals surface area contributed by atoms with E-state index in [-0.39, 0.29) is 12.1 Å². The van der Waals surface area contributed by atoms with Crippen LogP contribution in [0.2, 0.25) is 0 Å². The predicted octanol–water partition coefficient (Wildman–Crippen LogP) is 5.49. The van der Waals surface area contributed by atoms with Gasteiger partial charge in [-0.15, -0.1) is 0 Å². The van der Waals surface area contributed by atoms with E-state index < -0.39 is 0 Å². The van der Waals surface area contributed by atoms with Crippen LogP contribution >= 0.6 is 15.9 Å². The topological polar surface area (TPSA) is 52.4 Å². The van der Waals surface area contributed by atoms with Crippen LogP contribution < -0.4 is 4.74 Å². The molecular formula is C25H21BrN2O3. The summed E-state index contributed by atoms with van der Waals surface area (Å²) in [7, 11) is 1.64. The van der Waals surface area contributed by atoms with Crippen molar-refractivity contribution in [1.82, 2.24) is 0 Å². The fourth-order valence-electron chi connectivity index (χ4n) is 3.76. The second kappa shape index (κ2) is 8.55. The minimum absolute atomic E-state index is 0.0275. The summed E-state index contributed by atoms with van der Waals surface area (Å²) in [5, 5.41) is 0. The lowest BCUT2D eigenvalue weighted by Gasteiger charge is -2.12. The third-order valence-electron chi connectivity index (χ3n) is 5.41. The van der Waals surface area contributed by atoms with Crippen molar-refractivity contribution in [3.8, 4) is 5.75 Å². The van der Waals surface area contributed by atoms with E-state index in [1.807, 2.05) is 48.5 Å². The van der Waals surface area contributed by atoms with Gasteiger partial charge in [-0.25, -0.2) is 9.98 Å². The largest absolute Gasteiger partial charge is 0.497 e. The van der Waals surface area contributed by atoms with Crippen molar-refractivity contribution in [2.24, 2.45) is 9.98 Å². The van der Waals surface area contributed by atoms with Crippen molar-refractivity contribution in [2.45, 2.75) is 12.1 Å². The summed E-state index contributed by atoms with van der Waals surface area (Å²) in [6.07, 6.45) is 0. The molecule has 2 heterocycles. The minimum atomic E-state index is -0.0275. The summed E-state index contributed by atoms with van der Waals surface area (Å²) in [6, 6.07) is 24.1. The van der Waals surface area contributed by atoms with Crippen LogP contribution in [-0.2, 0) is 9.47 Å². The Balaban J connectivity index is 1.50. The molecule has 0 saturated carbocycles. The van der Waals surface area contributed by atoms with Gasteiger partial charge in [0.1, 0.15) is 31.0 Å². The molecule has 0 bridgehead atoms. The van der Waals surface area contributed by atoms with Crippen LogP contribution in [0.25, 0.3) is 0 Å². The van der Waals surface area contributed by atoms with Crippen molar-refractivity contribution in [3.63, 3.8) is 0 Å². The standard InChI is InChI=1S/C25H21BrN2O3/c1-29-18-12-19(24-27-21(14-30-24)16-8-4-2-5-9-16)23(26)20(13-18)25-28-22(15-31-25)17-10-6-3-7-11-17/h2-13,21-22H,14-15H2,1H3. The first kappa shape index (κ1) is 19.8. The lowest BCUT2D eigenvalue weighted by atomic mass is 10.1. The van der Waals surface area contributed by atoms with E-state index >= 15 is 0 Å². The molecule has 2 unspecified atom stereocenters. The number of ether oxygens (including phenoxy) is 3. The van der Waals surface area contributed by atoms with Crippen molar-refractivity contribution in [1.29, 1.82) is 0 Å². The average molecular weight is 477 g/mol. The van der Waals surface area contributed by atoms with Crippen LogP contribution in [0.4, 0.5) is 0 Å². The van der Waals surface area contributed by atoms with Gasteiger partial charge in [0.25, 0.3) is 0 Å². The molecule has 0 N–H and O–H groups in total. The average Bonchev–Trinajstić information content (AvgIpc) is 3.51. The van der Waals surface area contributed by atoms with Gasteiger partial charge < -0.3 is 14.2 Å². The van der Waals surface area contributed by atoms with E-state index in [2.05, 4.69) is 40.2 Å². The van der Waals surface area contributed by atoms with E-state index in [9.17, 15) is 0 Å². The minimum Gasteiger partial charge on any atom is -0.497 e. The lowest BCUT2D eigenvalue weighted by Crippen LogP contribution is -2.09. The number of aliphatic imine (C=N–C) groups is 2. The second-order valence-corrected chi connectivity index (χ2v) is 8.17. The first-order valence-electron chi connectivity index (χ1n) is 10.1. The van der Waals surface area contributed by atoms with Crippen molar-refractivity contribution in [3.05, 3.63) is 99.5 Å². The highest BCUT2D eigenvalue weighted by molar-refractivity contribution is 9.10. The summed E-state index contributed by atoms with van der Waals surface area (Å²) >= 11 is 3.74. The number of methoxy groups -OCH3 is 1. The molecule has 156 valence electrons. The van der Waals surface area contributed by atoms with E-state index in [0.717, 1.165) is 26.7 Å². The number of hydrogen-bond donors (Lipinski definition) is 0. The Morgan fingerprint density at radius 2 is 1.23 bits per heavy atom. The maximum atomic E-state index is 5.98. The Morgan fingerprint density at radius 1 is 0.774 bits per heavy atom. The van der Waals surface area contributed by atoms with Crippen LogP contribution in [-0.4, -0.2) is 32.1 Å². The normalized spacial score (nSPS) is 19.9. The molecule has 0 spiro atoms. The molecule has 5 nitrogen and oxygen atoms in total. The van der Waals surface area contributed by atoms with Crippen LogP contribution in [0.5, 0.6) is 5.75 Å². The van der Waals surface area contributed by atoms with Crippen molar-refractivity contribution in [2.75, 3.05) is 20.3 Å². The van der Waals surface area contributed by atoms with Gasteiger partial charge in [0.05, 0.1) is 18.2 Å². The molecule has 3 aromatic rings. The summed E-state index contributed by atoms with van der Waals surface area (Å²) in [5.41, 5.74) is 3.90. The second-order valence-electron chi connectivity index (χ2n) is 7.38. The van der Waals surface area contributed by atoms with Crippen molar-refractivity contribution >= 4 is 27.7 Å². The maximum Gasteiger partial charge on any atom is 0.218 e. The van der Waals surface area contributed by atoms with E-state index in [1.165, 1.54) is 0 Å². The van der Waals surface area contributed by atoms with Gasteiger partial charge in [0.15, 0.2) is 0 Å². The molecule has 6 heteroatoms. The van der Waals surface area contributed by atoms with Crippen LogP contribution in [0.15, 0.2) is 87.3 Å².